The van der Waals surface area contributed by atoms with E-state index in [0.717, 1.165) is 24.4 Å². The molecule has 0 fully saturated rings. The Morgan fingerprint density at radius 2 is 1.94 bits per heavy atom. The number of hydrogen-bond acceptors (Lipinski definition) is 1. The van der Waals surface area contributed by atoms with Crippen molar-refractivity contribution in [3.63, 3.8) is 0 Å². The van der Waals surface area contributed by atoms with Crippen molar-refractivity contribution in [2.75, 3.05) is 6.54 Å². The maximum Gasteiger partial charge on any atom is 0.157 e. The Bertz CT molecular complexity index is 462. The predicted molar refractivity (Wildman–Crippen MR) is 62.5 cm³/mol. The van der Waals surface area contributed by atoms with Gasteiger partial charge >= 0.3 is 0 Å². The van der Waals surface area contributed by atoms with Crippen molar-refractivity contribution in [3.8, 4) is 11.8 Å². The van der Waals surface area contributed by atoms with Gasteiger partial charge in [-0.25, -0.2) is 0 Å². The van der Waals surface area contributed by atoms with E-state index < -0.39 is 0 Å². The van der Waals surface area contributed by atoms with Gasteiger partial charge in [-0.1, -0.05) is 24.1 Å². The molecule has 16 heavy (non-hydrogen) atoms. The fraction of sp³-hybridized carbons (Fsp3) is 0.143. The summed E-state index contributed by atoms with van der Waals surface area (Å²) < 4.78 is 5.22. The van der Waals surface area contributed by atoms with Crippen molar-refractivity contribution in [1.29, 1.82) is 0 Å². The lowest BCUT2D eigenvalue weighted by Gasteiger charge is -1.92. The van der Waals surface area contributed by atoms with Crippen molar-refractivity contribution in [3.05, 3.63) is 60.1 Å². The van der Waals surface area contributed by atoms with Crippen LogP contribution in [-0.2, 0) is 6.54 Å². The van der Waals surface area contributed by atoms with Gasteiger partial charge in [-0.15, -0.1) is 0 Å². The first-order valence-corrected chi connectivity index (χ1v) is 5.33. The summed E-state index contributed by atoms with van der Waals surface area (Å²) in [6, 6.07) is 13.9. The van der Waals surface area contributed by atoms with Crippen molar-refractivity contribution in [2.24, 2.45) is 0 Å². The molecule has 2 rings (SSSR count). The van der Waals surface area contributed by atoms with Crippen molar-refractivity contribution in [1.82, 2.24) is 0 Å². The number of furan rings is 1. The molecule has 0 saturated carbocycles. The molecule has 80 valence electrons. The first-order chi connectivity index (χ1) is 7.95. The second-order valence-corrected chi connectivity index (χ2v) is 3.44. The van der Waals surface area contributed by atoms with Crippen LogP contribution < -0.4 is 5.32 Å². The third-order valence-corrected chi connectivity index (χ3v) is 2.18. The van der Waals surface area contributed by atoms with Crippen LogP contribution in [0.1, 0.15) is 11.3 Å². The van der Waals surface area contributed by atoms with Crippen LogP contribution in [0.2, 0.25) is 0 Å². The highest BCUT2D eigenvalue weighted by Crippen LogP contribution is 1.95. The van der Waals surface area contributed by atoms with Crippen molar-refractivity contribution >= 4 is 0 Å². The van der Waals surface area contributed by atoms with Gasteiger partial charge in [0.25, 0.3) is 0 Å². The van der Waals surface area contributed by atoms with Gasteiger partial charge in [-0.2, -0.15) is 0 Å². The van der Waals surface area contributed by atoms with Gasteiger partial charge in [0, 0.05) is 5.56 Å². The van der Waals surface area contributed by atoms with E-state index >= 15 is 0 Å². The standard InChI is InChI=1S/C14H13NO/c1-2-6-13(7-3-1)8-4-10-15-12-14-9-5-11-16-14/h1-3,5-7,9,11,15H,10,12H2/p+1. The maximum absolute atomic E-state index is 5.22. The molecule has 1 heterocycles. The minimum Gasteiger partial charge on any atom is -0.463 e. The van der Waals surface area contributed by atoms with Gasteiger partial charge in [0.1, 0.15) is 13.1 Å². The first-order valence-electron chi connectivity index (χ1n) is 5.33. The van der Waals surface area contributed by atoms with E-state index in [-0.39, 0.29) is 0 Å². The second kappa shape index (κ2) is 5.79. The Kier molecular flexibility index (Phi) is 3.81. The number of rotatable bonds is 3. The Hall–Kier alpha value is -1.98. The zero-order valence-electron chi connectivity index (χ0n) is 9.02. The first kappa shape index (κ1) is 10.5. The van der Waals surface area contributed by atoms with Gasteiger partial charge in [0.15, 0.2) is 5.76 Å². The molecule has 0 aliphatic carbocycles. The normalized spacial score (nSPS) is 9.50. The molecule has 2 aromatic rings. The van der Waals surface area contributed by atoms with E-state index in [1.54, 1.807) is 6.26 Å². The summed E-state index contributed by atoms with van der Waals surface area (Å²) in [5.41, 5.74) is 1.06. The molecule has 0 amide bonds. The maximum atomic E-state index is 5.22. The van der Waals surface area contributed by atoms with Crippen LogP contribution in [0.5, 0.6) is 0 Å². The Balaban J connectivity index is 1.74. The largest absolute Gasteiger partial charge is 0.463 e. The smallest absolute Gasteiger partial charge is 0.157 e. The molecular weight excluding hydrogens is 198 g/mol. The SMILES string of the molecule is C(#Cc1ccccc1)C[NH2+]Cc1ccco1. The summed E-state index contributed by atoms with van der Waals surface area (Å²) in [7, 11) is 0. The minimum atomic E-state index is 0.787. The summed E-state index contributed by atoms with van der Waals surface area (Å²) in [5.74, 6) is 7.22. The summed E-state index contributed by atoms with van der Waals surface area (Å²) >= 11 is 0. The zero-order valence-corrected chi connectivity index (χ0v) is 9.02. The highest BCUT2D eigenvalue weighted by Gasteiger charge is 1.94. The fourth-order valence-electron chi connectivity index (χ4n) is 1.39. The molecule has 0 spiro atoms. The lowest BCUT2D eigenvalue weighted by molar-refractivity contribution is -0.661. The minimum absolute atomic E-state index is 0.787. The highest BCUT2D eigenvalue weighted by molar-refractivity contribution is 5.33. The molecule has 2 N–H and O–H groups in total. The van der Waals surface area contributed by atoms with Crippen LogP contribution >= 0.6 is 0 Å². The van der Waals surface area contributed by atoms with Crippen LogP contribution in [0.25, 0.3) is 0 Å². The van der Waals surface area contributed by atoms with E-state index in [9.17, 15) is 0 Å². The quantitative estimate of drug-likeness (QED) is 0.605. The number of quaternary nitrogens is 1. The molecule has 0 atom stereocenters. The van der Waals surface area contributed by atoms with E-state index in [1.807, 2.05) is 42.5 Å². The molecule has 0 saturated heterocycles. The second-order valence-electron chi connectivity index (χ2n) is 3.44. The summed E-state index contributed by atoms with van der Waals surface area (Å²) in [6.45, 7) is 1.63. The average molecular weight is 212 g/mol. The molecule has 0 aliphatic heterocycles. The molecular formula is C14H14NO+. The van der Waals surface area contributed by atoms with Crippen LogP contribution in [0, 0.1) is 11.8 Å². The predicted octanol–water partition coefficient (Wildman–Crippen LogP) is 1.39. The third kappa shape index (κ3) is 3.30. The lowest BCUT2D eigenvalue weighted by atomic mass is 10.2. The zero-order chi connectivity index (χ0) is 11.1. The average Bonchev–Trinajstić information content (AvgIpc) is 2.83. The molecule has 2 heteroatoms. The third-order valence-electron chi connectivity index (χ3n) is 2.18. The van der Waals surface area contributed by atoms with E-state index in [4.69, 9.17) is 4.42 Å². The monoisotopic (exact) mass is 212 g/mol. The molecule has 1 aromatic carbocycles. The van der Waals surface area contributed by atoms with Gasteiger partial charge in [-0.3, -0.25) is 0 Å². The van der Waals surface area contributed by atoms with E-state index in [2.05, 4.69) is 17.2 Å². The van der Waals surface area contributed by atoms with E-state index in [0.29, 0.717) is 0 Å². The summed E-state index contributed by atoms with van der Waals surface area (Å²) in [4.78, 5) is 0. The Labute approximate surface area is 95.3 Å². The highest BCUT2D eigenvalue weighted by atomic mass is 16.3. The summed E-state index contributed by atoms with van der Waals surface area (Å²) in [5, 5.41) is 2.12. The van der Waals surface area contributed by atoms with E-state index in [1.165, 1.54) is 0 Å². The molecule has 2 nitrogen and oxygen atoms in total. The van der Waals surface area contributed by atoms with Gasteiger partial charge in [0.05, 0.1) is 6.26 Å². The molecule has 0 unspecified atom stereocenters. The van der Waals surface area contributed by atoms with Crippen LogP contribution in [0.15, 0.2) is 53.1 Å². The fourth-order valence-corrected chi connectivity index (χ4v) is 1.39. The van der Waals surface area contributed by atoms with Crippen molar-refractivity contribution < 1.29 is 9.73 Å². The summed E-state index contributed by atoms with van der Waals surface area (Å²) in [6.07, 6.45) is 1.69. The molecule has 1 aromatic heterocycles. The van der Waals surface area contributed by atoms with Crippen LogP contribution in [0.4, 0.5) is 0 Å². The molecule has 0 aliphatic rings. The number of hydrogen-bond donors (Lipinski definition) is 1. The van der Waals surface area contributed by atoms with Crippen molar-refractivity contribution in [2.45, 2.75) is 6.54 Å². The Morgan fingerprint density at radius 3 is 2.69 bits per heavy atom. The van der Waals surface area contributed by atoms with Crippen LogP contribution in [0.3, 0.4) is 0 Å². The molecule has 0 bridgehead atoms. The van der Waals surface area contributed by atoms with Gasteiger partial charge in [-0.05, 0) is 30.2 Å². The topological polar surface area (TPSA) is 29.8 Å². The van der Waals surface area contributed by atoms with Gasteiger partial charge < -0.3 is 9.73 Å². The number of nitrogens with two attached hydrogens (primary N) is 1. The Morgan fingerprint density at radius 1 is 1.06 bits per heavy atom. The number of benzene rings is 1. The van der Waals surface area contributed by atoms with Gasteiger partial charge in [0.2, 0.25) is 0 Å². The lowest BCUT2D eigenvalue weighted by Crippen LogP contribution is -2.82. The van der Waals surface area contributed by atoms with Crippen LogP contribution in [-0.4, -0.2) is 6.54 Å². The molecule has 0 radical (unpaired) electrons.